The van der Waals surface area contributed by atoms with E-state index in [1.165, 1.54) is 23.6 Å². The third kappa shape index (κ3) is 2.16. The smallest absolute Gasteiger partial charge is 0.268 e. The summed E-state index contributed by atoms with van der Waals surface area (Å²) >= 11 is 0. The standard InChI is InChI=1S/C11H13N3O2S/c1-9-3-5-10(6-4-9)14(2)17(15,16)11-7-8-12-13-11/h3-8H,1-2H3,(H,12,13). The van der Waals surface area contributed by atoms with Crippen LogP contribution in [0.25, 0.3) is 0 Å². The van der Waals surface area contributed by atoms with Crippen LogP contribution in [-0.2, 0) is 10.0 Å². The maximum Gasteiger partial charge on any atom is 0.281 e. The van der Waals surface area contributed by atoms with Crippen molar-refractivity contribution in [2.75, 3.05) is 11.4 Å². The molecule has 2 rings (SSSR count). The molecule has 0 amide bonds. The second-order valence-corrected chi connectivity index (χ2v) is 5.67. The number of hydrogen-bond acceptors (Lipinski definition) is 3. The summed E-state index contributed by atoms with van der Waals surface area (Å²) in [5.74, 6) is 0. The molecule has 0 spiro atoms. The number of benzene rings is 1. The number of aromatic amines is 1. The first-order valence-electron chi connectivity index (χ1n) is 5.07. The average Bonchev–Trinajstić information content (AvgIpc) is 2.83. The van der Waals surface area contributed by atoms with Crippen molar-refractivity contribution in [3.8, 4) is 0 Å². The van der Waals surface area contributed by atoms with Gasteiger partial charge in [-0.15, -0.1) is 0 Å². The highest BCUT2D eigenvalue weighted by Gasteiger charge is 2.22. The summed E-state index contributed by atoms with van der Waals surface area (Å²) in [5.41, 5.74) is 1.70. The molecular formula is C11H13N3O2S. The van der Waals surface area contributed by atoms with Gasteiger partial charge in [0.2, 0.25) is 0 Å². The lowest BCUT2D eigenvalue weighted by Gasteiger charge is -2.18. The van der Waals surface area contributed by atoms with Crippen LogP contribution in [0.4, 0.5) is 5.69 Å². The lowest BCUT2D eigenvalue weighted by molar-refractivity contribution is 0.590. The van der Waals surface area contributed by atoms with E-state index in [9.17, 15) is 8.42 Å². The molecule has 1 N–H and O–H groups in total. The fourth-order valence-corrected chi connectivity index (χ4v) is 2.52. The molecule has 2 aromatic rings. The van der Waals surface area contributed by atoms with Gasteiger partial charge in [0, 0.05) is 7.05 Å². The lowest BCUT2D eigenvalue weighted by Crippen LogP contribution is -2.26. The molecule has 0 aliphatic heterocycles. The van der Waals surface area contributed by atoms with Crippen LogP contribution in [0.2, 0.25) is 0 Å². The van der Waals surface area contributed by atoms with Crippen molar-refractivity contribution in [3.63, 3.8) is 0 Å². The van der Waals surface area contributed by atoms with Crippen LogP contribution in [0.15, 0.2) is 41.6 Å². The molecule has 0 saturated heterocycles. The summed E-state index contributed by atoms with van der Waals surface area (Å²) < 4.78 is 25.5. The van der Waals surface area contributed by atoms with E-state index in [4.69, 9.17) is 0 Å². The van der Waals surface area contributed by atoms with Gasteiger partial charge in [-0.1, -0.05) is 17.7 Å². The van der Waals surface area contributed by atoms with E-state index in [-0.39, 0.29) is 5.03 Å². The first kappa shape index (κ1) is 11.7. The molecule has 0 bridgehead atoms. The molecule has 0 atom stereocenters. The van der Waals surface area contributed by atoms with E-state index >= 15 is 0 Å². The zero-order valence-electron chi connectivity index (χ0n) is 9.58. The molecule has 0 saturated carbocycles. The number of nitrogens with zero attached hydrogens (tertiary/aromatic N) is 2. The summed E-state index contributed by atoms with van der Waals surface area (Å²) in [6.45, 7) is 1.95. The van der Waals surface area contributed by atoms with Crippen LogP contribution < -0.4 is 4.31 Å². The Bertz CT molecular complexity index is 588. The number of aromatic nitrogens is 2. The molecule has 5 nitrogen and oxygen atoms in total. The summed E-state index contributed by atoms with van der Waals surface area (Å²) in [4.78, 5) is 0. The quantitative estimate of drug-likeness (QED) is 0.900. The molecule has 0 unspecified atom stereocenters. The van der Waals surface area contributed by atoms with Crippen LogP contribution in [0.5, 0.6) is 0 Å². The molecule has 0 radical (unpaired) electrons. The molecule has 6 heteroatoms. The minimum Gasteiger partial charge on any atom is -0.268 e. The fourth-order valence-electron chi connectivity index (χ4n) is 1.43. The number of aryl methyl sites for hydroxylation is 1. The van der Waals surface area contributed by atoms with Gasteiger partial charge in [-0.3, -0.25) is 9.40 Å². The maximum atomic E-state index is 12.1. The third-order valence-electron chi connectivity index (χ3n) is 2.51. The summed E-state index contributed by atoms with van der Waals surface area (Å²) in [5, 5.41) is 6.19. The summed E-state index contributed by atoms with van der Waals surface area (Å²) in [6.07, 6.45) is 1.41. The zero-order chi connectivity index (χ0) is 12.5. The van der Waals surface area contributed by atoms with Crippen molar-refractivity contribution in [1.29, 1.82) is 0 Å². The van der Waals surface area contributed by atoms with Gasteiger partial charge in [0.25, 0.3) is 10.0 Å². The monoisotopic (exact) mass is 251 g/mol. The molecule has 1 heterocycles. The zero-order valence-corrected chi connectivity index (χ0v) is 10.4. The van der Waals surface area contributed by atoms with E-state index in [2.05, 4.69) is 10.2 Å². The van der Waals surface area contributed by atoms with Crippen molar-refractivity contribution >= 4 is 15.7 Å². The van der Waals surface area contributed by atoms with Crippen molar-refractivity contribution in [3.05, 3.63) is 42.1 Å². The van der Waals surface area contributed by atoms with Gasteiger partial charge in [0.1, 0.15) is 0 Å². The SMILES string of the molecule is Cc1ccc(N(C)S(=O)(=O)c2ccn[nH]2)cc1. The summed E-state index contributed by atoms with van der Waals surface area (Å²) in [7, 11) is -2.03. The second kappa shape index (κ2) is 4.21. The van der Waals surface area contributed by atoms with Gasteiger partial charge >= 0.3 is 0 Å². The normalized spacial score (nSPS) is 11.4. The van der Waals surface area contributed by atoms with E-state index in [0.29, 0.717) is 5.69 Å². The van der Waals surface area contributed by atoms with Crippen LogP contribution in [-0.4, -0.2) is 25.7 Å². The van der Waals surface area contributed by atoms with Crippen molar-refractivity contribution in [2.45, 2.75) is 11.9 Å². The molecule has 0 aliphatic rings. The van der Waals surface area contributed by atoms with Crippen molar-refractivity contribution in [1.82, 2.24) is 10.2 Å². The Labute approximate surface area is 100 Å². The molecule has 17 heavy (non-hydrogen) atoms. The Kier molecular flexibility index (Phi) is 2.89. The predicted molar refractivity (Wildman–Crippen MR) is 65.4 cm³/mol. The van der Waals surface area contributed by atoms with Gasteiger partial charge < -0.3 is 0 Å². The van der Waals surface area contributed by atoms with Crippen LogP contribution in [0, 0.1) is 6.92 Å². The van der Waals surface area contributed by atoms with Gasteiger partial charge in [0.15, 0.2) is 5.03 Å². The Balaban J connectivity index is 2.38. The molecule has 0 aliphatic carbocycles. The van der Waals surface area contributed by atoms with Gasteiger partial charge in [-0.05, 0) is 25.1 Å². The van der Waals surface area contributed by atoms with Crippen molar-refractivity contribution < 1.29 is 8.42 Å². The second-order valence-electron chi connectivity index (χ2n) is 3.73. The Morgan fingerprint density at radius 2 is 1.82 bits per heavy atom. The largest absolute Gasteiger partial charge is 0.281 e. The van der Waals surface area contributed by atoms with Crippen LogP contribution >= 0.6 is 0 Å². The van der Waals surface area contributed by atoms with E-state index in [0.717, 1.165) is 5.56 Å². The average molecular weight is 251 g/mol. The molecule has 90 valence electrons. The number of hydrogen-bond donors (Lipinski definition) is 1. The topological polar surface area (TPSA) is 66.1 Å². The van der Waals surface area contributed by atoms with Crippen molar-refractivity contribution in [2.24, 2.45) is 0 Å². The first-order valence-corrected chi connectivity index (χ1v) is 6.51. The van der Waals surface area contributed by atoms with Crippen LogP contribution in [0.3, 0.4) is 0 Å². The third-order valence-corrected chi connectivity index (χ3v) is 4.23. The molecular weight excluding hydrogens is 238 g/mol. The van der Waals surface area contributed by atoms with E-state index in [1.54, 1.807) is 12.1 Å². The Morgan fingerprint density at radius 1 is 1.18 bits per heavy atom. The number of nitrogens with one attached hydrogen (secondary N) is 1. The fraction of sp³-hybridized carbons (Fsp3) is 0.182. The maximum absolute atomic E-state index is 12.1. The minimum atomic E-state index is -3.55. The number of sulfonamides is 1. The van der Waals surface area contributed by atoms with Gasteiger partial charge in [0.05, 0.1) is 11.9 Å². The lowest BCUT2D eigenvalue weighted by atomic mass is 10.2. The number of H-pyrrole nitrogens is 1. The van der Waals surface area contributed by atoms with Gasteiger partial charge in [-0.25, -0.2) is 0 Å². The van der Waals surface area contributed by atoms with E-state index in [1.807, 2.05) is 19.1 Å². The molecule has 1 aromatic carbocycles. The van der Waals surface area contributed by atoms with Crippen LogP contribution in [0.1, 0.15) is 5.56 Å². The minimum absolute atomic E-state index is 0.0839. The number of rotatable bonds is 3. The Hall–Kier alpha value is -1.82. The first-order chi connectivity index (χ1) is 8.01. The molecule has 1 aromatic heterocycles. The van der Waals surface area contributed by atoms with E-state index < -0.39 is 10.0 Å². The summed E-state index contributed by atoms with van der Waals surface area (Å²) in [6, 6.07) is 8.70. The number of anilines is 1. The highest BCUT2D eigenvalue weighted by Crippen LogP contribution is 2.20. The molecule has 0 fully saturated rings. The van der Waals surface area contributed by atoms with Gasteiger partial charge in [-0.2, -0.15) is 13.5 Å². The highest BCUT2D eigenvalue weighted by molar-refractivity contribution is 7.92. The predicted octanol–water partition coefficient (Wildman–Crippen LogP) is 1.54. The highest BCUT2D eigenvalue weighted by atomic mass is 32.2. The Morgan fingerprint density at radius 3 is 2.35 bits per heavy atom.